The van der Waals surface area contributed by atoms with Crippen molar-refractivity contribution >= 4 is 34.2 Å². The molecule has 0 bridgehead atoms. The number of nitrogens with zero attached hydrogens (tertiary/aromatic N) is 1. The maximum Gasteiger partial charge on any atom is 0.253 e. The summed E-state index contributed by atoms with van der Waals surface area (Å²) in [5.41, 5.74) is 6.50. The maximum absolute atomic E-state index is 12.5. The summed E-state index contributed by atoms with van der Waals surface area (Å²) in [6.45, 7) is 1.82. The van der Waals surface area contributed by atoms with Crippen molar-refractivity contribution < 1.29 is 9.53 Å². The number of benzene rings is 1. The van der Waals surface area contributed by atoms with Crippen molar-refractivity contribution in [2.45, 2.75) is 13.0 Å². The van der Waals surface area contributed by atoms with Crippen LogP contribution in [0.4, 0.5) is 5.82 Å². The number of fused-ring (bicyclic) bond motifs is 1. The number of nitrogens with two attached hydrogens (primary N) is 1. The third-order valence-electron chi connectivity index (χ3n) is 4.02. The van der Waals surface area contributed by atoms with Crippen molar-refractivity contribution in [3.05, 3.63) is 63.0 Å². The van der Waals surface area contributed by atoms with E-state index in [4.69, 9.17) is 22.1 Å². The van der Waals surface area contributed by atoms with Crippen molar-refractivity contribution in [2.24, 2.45) is 5.73 Å². The van der Waals surface area contributed by atoms with Gasteiger partial charge in [-0.3, -0.25) is 9.59 Å². The van der Waals surface area contributed by atoms with Crippen LogP contribution in [-0.2, 0) is 0 Å². The summed E-state index contributed by atoms with van der Waals surface area (Å²) in [6, 6.07) is 7.87. The summed E-state index contributed by atoms with van der Waals surface area (Å²) in [5.74, 6) is 0.387. The van der Waals surface area contributed by atoms with Crippen molar-refractivity contribution in [3.63, 3.8) is 0 Å². The number of hydrogen-bond acceptors (Lipinski definition) is 5. The molecule has 1 aromatic carbocycles. The highest BCUT2D eigenvalue weighted by molar-refractivity contribution is 6.32. The van der Waals surface area contributed by atoms with E-state index in [0.717, 1.165) is 5.39 Å². The normalized spacial score (nSPS) is 12.0. The molecule has 134 valence electrons. The largest absolute Gasteiger partial charge is 0.495 e. The molecule has 0 saturated carbocycles. The number of pyridine rings is 2. The van der Waals surface area contributed by atoms with Gasteiger partial charge >= 0.3 is 0 Å². The minimum absolute atomic E-state index is 0.243. The molecule has 0 aliphatic carbocycles. The molecule has 3 rings (SSSR count). The van der Waals surface area contributed by atoms with E-state index in [1.807, 2.05) is 6.92 Å². The molecule has 0 unspecified atom stereocenters. The fraction of sp³-hybridized carbons (Fsp3) is 0.167. The average Bonchev–Trinajstić information content (AvgIpc) is 2.61. The predicted octanol–water partition coefficient (Wildman–Crippen LogP) is 2.86. The minimum atomic E-state index is -0.546. The van der Waals surface area contributed by atoms with E-state index in [2.05, 4.69) is 15.3 Å². The lowest BCUT2D eigenvalue weighted by molar-refractivity contribution is 0.1000. The van der Waals surface area contributed by atoms with E-state index in [-0.39, 0.29) is 11.6 Å². The van der Waals surface area contributed by atoms with Crippen LogP contribution in [0.25, 0.3) is 10.9 Å². The molecule has 26 heavy (non-hydrogen) atoms. The van der Waals surface area contributed by atoms with Gasteiger partial charge in [0.2, 0.25) is 5.91 Å². The molecule has 0 radical (unpaired) electrons. The number of primary amides is 1. The number of aromatic amines is 1. The number of hydrogen-bond donors (Lipinski definition) is 3. The molecule has 8 heteroatoms. The van der Waals surface area contributed by atoms with Crippen molar-refractivity contribution in [2.75, 3.05) is 12.4 Å². The standard InChI is InChI=1S/C18H17ClN4O3/c1-9(22-16-7-10(17(20)24)3-4-21-16)12-5-11-6-13(19)15(26-2)8-14(11)23-18(12)25/h3-9H,1-2H3,(H2,20,24)(H,21,22)(H,23,25)/t9-/m0/s1. The number of rotatable bonds is 5. The van der Waals surface area contributed by atoms with E-state index >= 15 is 0 Å². The van der Waals surface area contributed by atoms with Crippen LogP contribution in [-0.4, -0.2) is 23.0 Å². The number of methoxy groups -OCH3 is 1. The second kappa shape index (κ2) is 7.05. The Bertz CT molecular complexity index is 1050. The Hall–Kier alpha value is -3.06. The molecule has 0 fully saturated rings. The Morgan fingerprint density at radius 1 is 1.35 bits per heavy atom. The third-order valence-corrected chi connectivity index (χ3v) is 4.32. The Balaban J connectivity index is 1.96. The number of carbonyl (C=O) groups is 1. The van der Waals surface area contributed by atoms with Crippen molar-refractivity contribution in [3.8, 4) is 5.75 Å². The second-order valence-corrected chi connectivity index (χ2v) is 6.20. The van der Waals surface area contributed by atoms with Crippen molar-refractivity contribution in [1.82, 2.24) is 9.97 Å². The number of carbonyl (C=O) groups excluding carboxylic acids is 1. The zero-order valence-electron chi connectivity index (χ0n) is 14.2. The van der Waals surface area contributed by atoms with Crippen LogP contribution in [0.15, 0.2) is 41.3 Å². The SMILES string of the molecule is COc1cc2[nH]c(=O)c([C@H](C)Nc3cc(C(N)=O)ccn3)cc2cc1Cl. The first-order valence-corrected chi connectivity index (χ1v) is 8.19. The molecule has 7 nitrogen and oxygen atoms in total. The van der Waals surface area contributed by atoms with E-state index in [0.29, 0.717) is 33.2 Å². The second-order valence-electron chi connectivity index (χ2n) is 5.79. The quantitative estimate of drug-likeness (QED) is 0.637. The first-order chi connectivity index (χ1) is 12.4. The molecule has 4 N–H and O–H groups in total. The van der Waals surface area contributed by atoms with Gasteiger partial charge in [-0.2, -0.15) is 0 Å². The molecule has 0 spiro atoms. The van der Waals surface area contributed by atoms with Crippen molar-refractivity contribution in [1.29, 1.82) is 0 Å². The maximum atomic E-state index is 12.5. The third kappa shape index (κ3) is 3.48. The Kier molecular flexibility index (Phi) is 4.81. The molecule has 2 aromatic heterocycles. The number of halogens is 1. The summed E-state index contributed by atoms with van der Waals surface area (Å²) in [4.78, 5) is 30.7. The van der Waals surface area contributed by atoms with Crippen LogP contribution in [0.1, 0.15) is 28.9 Å². The lowest BCUT2D eigenvalue weighted by Gasteiger charge is -2.15. The van der Waals surface area contributed by atoms with Crippen LogP contribution in [0.2, 0.25) is 5.02 Å². The first kappa shape index (κ1) is 17.8. The predicted molar refractivity (Wildman–Crippen MR) is 101 cm³/mol. The molecule has 2 heterocycles. The Morgan fingerprint density at radius 2 is 2.12 bits per heavy atom. The molecular formula is C18H17ClN4O3. The monoisotopic (exact) mass is 372 g/mol. The zero-order valence-corrected chi connectivity index (χ0v) is 14.9. The lowest BCUT2D eigenvalue weighted by Crippen LogP contribution is -2.20. The first-order valence-electron chi connectivity index (χ1n) is 7.82. The summed E-state index contributed by atoms with van der Waals surface area (Å²) >= 11 is 6.17. The van der Waals surface area contributed by atoms with Gasteiger partial charge in [-0.25, -0.2) is 4.98 Å². The number of aromatic nitrogens is 2. The van der Waals surface area contributed by atoms with Gasteiger partial charge in [-0.1, -0.05) is 11.6 Å². The zero-order chi connectivity index (χ0) is 18.8. The van der Waals surface area contributed by atoms with E-state index < -0.39 is 5.91 Å². The Morgan fingerprint density at radius 3 is 2.81 bits per heavy atom. The van der Waals surface area contributed by atoms with Gasteiger partial charge in [0, 0.05) is 28.8 Å². The summed E-state index contributed by atoms with van der Waals surface area (Å²) in [5, 5.41) is 4.33. The van der Waals surface area contributed by atoms with E-state index in [1.54, 1.807) is 18.2 Å². The highest BCUT2D eigenvalue weighted by Crippen LogP contribution is 2.29. The number of nitrogens with one attached hydrogen (secondary N) is 2. The highest BCUT2D eigenvalue weighted by atomic mass is 35.5. The van der Waals surface area contributed by atoms with Crippen LogP contribution < -0.4 is 21.3 Å². The molecule has 0 aliphatic rings. The smallest absolute Gasteiger partial charge is 0.253 e. The molecular weight excluding hydrogens is 356 g/mol. The van der Waals surface area contributed by atoms with Gasteiger partial charge in [0.05, 0.1) is 23.7 Å². The molecule has 0 saturated heterocycles. The van der Waals surface area contributed by atoms with Crippen LogP contribution in [0, 0.1) is 0 Å². The van der Waals surface area contributed by atoms with E-state index in [1.165, 1.54) is 25.4 Å². The fourth-order valence-electron chi connectivity index (χ4n) is 2.66. The van der Waals surface area contributed by atoms with Gasteiger partial charge in [0.1, 0.15) is 11.6 Å². The number of ether oxygens (including phenoxy) is 1. The molecule has 1 amide bonds. The molecule has 1 atom stereocenters. The van der Waals surface area contributed by atoms with Gasteiger partial charge in [0.15, 0.2) is 0 Å². The summed E-state index contributed by atoms with van der Waals surface area (Å²) in [6.07, 6.45) is 1.48. The van der Waals surface area contributed by atoms with Crippen LogP contribution >= 0.6 is 11.6 Å². The topological polar surface area (TPSA) is 110 Å². The minimum Gasteiger partial charge on any atom is -0.495 e. The van der Waals surface area contributed by atoms with E-state index in [9.17, 15) is 9.59 Å². The number of H-pyrrole nitrogens is 1. The van der Waals surface area contributed by atoms with Gasteiger partial charge in [0.25, 0.3) is 5.56 Å². The van der Waals surface area contributed by atoms with Gasteiger partial charge in [-0.15, -0.1) is 0 Å². The average molecular weight is 373 g/mol. The Labute approximate surface area is 154 Å². The van der Waals surface area contributed by atoms with Crippen LogP contribution in [0.5, 0.6) is 5.75 Å². The summed E-state index contributed by atoms with van der Waals surface area (Å²) in [7, 11) is 1.51. The van der Waals surface area contributed by atoms with Crippen LogP contribution in [0.3, 0.4) is 0 Å². The van der Waals surface area contributed by atoms with Gasteiger partial charge < -0.3 is 20.8 Å². The number of amides is 1. The fourth-order valence-corrected chi connectivity index (χ4v) is 2.91. The lowest BCUT2D eigenvalue weighted by atomic mass is 10.1. The molecule has 3 aromatic rings. The summed E-state index contributed by atoms with van der Waals surface area (Å²) < 4.78 is 5.17. The molecule has 0 aliphatic heterocycles. The van der Waals surface area contributed by atoms with Gasteiger partial charge in [-0.05, 0) is 31.2 Å². The number of anilines is 1. The highest BCUT2D eigenvalue weighted by Gasteiger charge is 2.14.